The number of likely N-dealkylation sites (tertiary alicyclic amines) is 1. The van der Waals surface area contributed by atoms with Crippen LogP contribution in [0.3, 0.4) is 0 Å². The van der Waals surface area contributed by atoms with Crippen molar-refractivity contribution in [2.75, 3.05) is 25.5 Å². The molecule has 1 aromatic carbocycles. The topological polar surface area (TPSA) is 78.9 Å². The maximum Gasteiger partial charge on any atom is 0.321 e. The number of hydrogen-bond acceptors (Lipinski definition) is 3. The van der Waals surface area contributed by atoms with Crippen LogP contribution in [0.5, 0.6) is 5.75 Å². The summed E-state index contributed by atoms with van der Waals surface area (Å²) in [7, 11) is 1.52. The third-order valence-corrected chi connectivity index (χ3v) is 4.02. The molecule has 1 fully saturated rings. The molecule has 0 aliphatic carbocycles. The van der Waals surface area contributed by atoms with E-state index < -0.39 is 11.4 Å². The molecule has 2 rings (SSSR count). The Morgan fingerprint density at radius 3 is 2.76 bits per heavy atom. The lowest BCUT2D eigenvalue weighted by Gasteiger charge is -2.21. The standard InChI is InChI=1S/C14H17ClN2O4/c1-14(12(18)19)5-6-17(8-14)13(20)16-11-7-9(21-2)3-4-10(11)15/h3-4,7H,5-6,8H2,1-2H3,(H,16,20)(H,18,19). The van der Waals surface area contributed by atoms with Crippen LogP contribution in [0.15, 0.2) is 18.2 Å². The minimum atomic E-state index is -0.893. The van der Waals surface area contributed by atoms with Gasteiger partial charge >= 0.3 is 12.0 Å². The Bertz CT molecular complexity index is 578. The fourth-order valence-corrected chi connectivity index (χ4v) is 2.40. The molecular weight excluding hydrogens is 296 g/mol. The van der Waals surface area contributed by atoms with Gasteiger partial charge in [0.15, 0.2) is 0 Å². The molecule has 2 N–H and O–H groups in total. The van der Waals surface area contributed by atoms with Crippen molar-refractivity contribution in [2.24, 2.45) is 5.41 Å². The first kappa shape index (κ1) is 15.4. The average Bonchev–Trinajstić information content (AvgIpc) is 2.85. The largest absolute Gasteiger partial charge is 0.497 e. The molecular formula is C14H17ClN2O4. The summed E-state index contributed by atoms with van der Waals surface area (Å²) in [6.07, 6.45) is 0.432. The van der Waals surface area contributed by atoms with E-state index in [-0.39, 0.29) is 12.6 Å². The summed E-state index contributed by atoms with van der Waals surface area (Å²) in [6, 6.07) is 4.57. The molecule has 1 atom stereocenters. The number of methoxy groups -OCH3 is 1. The molecule has 1 saturated heterocycles. The Labute approximate surface area is 127 Å². The van der Waals surface area contributed by atoms with Crippen molar-refractivity contribution in [1.29, 1.82) is 0 Å². The van der Waals surface area contributed by atoms with Gasteiger partial charge in [0.25, 0.3) is 0 Å². The van der Waals surface area contributed by atoms with Gasteiger partial charge < -0.3 is 20.1 Å². The molecule has 0 spiro atoms. The summed E-state index contributed by atoms with van der Waals surface area (Å²) in [5.41, 5.74) is -0.458. The van der Waals surface area contributed by atoms with E-state index in [1.807, 2.05) is 0 Å². The highest BCUT2D eigenvalue weighted by molar-refractivity contribution is 6.33. The number of rotatable bonds is 3. The van der Waals surface area contributed by atoms with Crippen LogP contribution in [0.25, 0.3) is 0 Å². The fourth-order valence-electron chi connectivity index (χ4n) is 2.23. The quantitative estimate of drug-likeness (QED) is 0.899. The predicted molar refractivity (Wildman–Crippen MR) is 79.0 cm³/mol. The molecule has 0 radical (unpaired) electrons. The molecule has 7 heteroatoms. The van der Waals surface area contributed by atoms with E-state index in [9.17, 15) is 14.7 Å². The van der Waals surface area contributed by atoms with Crippen LogP contribution >= 0.6 is 11.6 Å². The second-order valence-electron chi connectivity index (χ2n) is 5.31. The van der Waals surface area contributed by atoms with E-state index in [1.54, 1.807) is 25.1 Å². The first-order valence-corrected chi connectivity index (χ1v) is 6.86. The average molecular weight is 313 g/mol. The van der Waals surface area contributed by atoms with Gasteiger partial charge in [0.2, 0.25) is 0 Å². The number of carboxylic acid groups (broad SMARTS) is 1. The first-order chi connectivity index (χ1) is 9.85. The molecule has 114 valence electrons. The van der Waals surface area contributed by atoms with Gasteiger partial charge in [-0.3, -0.25) is 4.79 Å². The number of halogens is 1. The predicted octanol–water partition coefficient (Wildman–Crippen LogP) is 2.68. The van der Waals surface area contributed by atoms with Gasteiger partial charge in [0.05, 0.1) is 23.2 Å². The van der Waals surface area contributed by atoms with Crippen LogP contribution in [-0.2, 0) is 4.79 Å². The van der Waals surface area contributed by atoms with E-state index in [0.29, 0.717) is 29.4 Å². The number of nitrogens with one attached hydrogen (secondary N) is 1. The lowest BCUT2D eigenvalue weighted by molar-refractivity contribution is -0.146. The van der Waals surface area contributed by atoms with Gasteiger partial charge in [0.1, 0.15) is 5.75 Å². The smallest absolute Gasteiger partial charge is 0.321 e. The number of carboxylic acids is 1. The summed E-state index contributed by atoms with van der Waals surface area (Å²) in [4.78, 5) is 24.9. The Hall–Kier alpha value is -1.95. The Balaban J connectivity index is 2.08. The monoisotopic (exact) mass is 312 g/mol. The number of ether oxygens (including phenoxy) is 1. The summed E-state index contributed by atoms with van der Waals surface area (Å²) in [6.45, 7) is 2.22. The summed E-state index contributed by atoms with van der Waals surface area (Å²) in [5.74, 6) is -0.316. The highest BCUT2D eigenvalue weighted by Crippen LogP contribution is 2.31. The molecule has 1 aliphatic rings. The van der Waals surface area contributed by atoms with Gasteiger partial charge in [-0.1, -0.05) is 11.6 Å². The third kappa shape index (κ3) is 3.21. The van der Waals surface area contributed by atoms with Crippen LogP contribution < -0.4 is 10.1 Å². The van der Waals surface area contributed by atoms with E-state index >= 15 is 0 Å². The lowest BCUT2D eigenvalue weighted by Crippen LogP contribution is -2.37. The zero-order valence-electron chi connectivity index (χ0n) is 11.9. The summed E-state index contributed by atoms with van der Waals surface area (Å²) in [5, 5.41) is 12.3. The van der Waals surface area contributed by atoms with Gasteiger partial charge in [-0.25, -0.2) is 4.79 Å². The van der Waals surface area contributed by atoms with E-state index in [1.165, 1.54) is 12.0 Å². The number of benzene rings is 1. The molecule has 2 amide bonds. The van der Waals surface area contributed by atoms with Crippen molar-refractivity contribution in [1.82, 2.24) is 4.90 Å². The number of nitrogens with zero attached hydrogens (tertiary/aromatic N) is 1. The van der Waals surface area contributed by atoms with Crippen LogP contribution in [0.4, 0.5) is 10.5 Å². The van der Waals surface area contributed by atoms with Crippen molar-refractivity contribution in [2.45, 2.75) is 13.3 Å². The van der Waals surface area contributed by atoms with Crippen LogP contribution in [0.2, 0.25) is 5.02 Å². The Morgan fingerprint density at radius 1 is 1.48 bits per heavy atom. The minimum absolute atomic E-state index is 0.176. The molecule has 0 aromatic heterocycles. The second-order valence-corrected chi connectivity index (χ2v) is 5.72. The molecule has 21 heavy (non-hydrogen) atoms. The number of carbonyl (C=O) groups is 2. The van der Waals surface area contributed by atoms with Crippen LogP contribution in [-0.4, -0.2) is 42.2 Å². The number of hydrogen-bond donors (Lipinski definition) is 2. The van der Waals surface area contributed by atoms with Crippen molar-refractivity contribution in [3.8, 4) is 5.75 Å². The van der Waals surface area contributed by atoms with Gasteiger partial charge in [-0.05, 0) is 25.5 Å². The van der Waals surface area contributed by atoms with E-state index in [4.69, 9.17) is 16.3 Å². The minimum Gasteiger partial charge on any atom is -0.497 e. The molecule has 0 bridgehead atoms. The van der Waals surface area contributed by atoms with Crippen molar-refractivity contribution in [3.05, 3.63) is 23.2 Å². The van der Waals surface area contributed by atoms with Gasteiger partial charge in [-0.15, -0.1) is 0 Å². The van der Waals surface area contributed by atoms with Crippen molar-refractivity contribution < 1.29 is 19.4 Å². The maximum absolute atomic E-state index is 12.2. The van der Waals surface area contributed by atoms with Crippen LogP contribution in [0, 0.1) is 5.41 Å². The zero-order valence-corrected chi connectivity index (χ0v) is 12.6. The fraction of sp³-hybridized carbons (Fsp3) is 0.429. The van der Waals surface area contributed by atoms with E-state index in [2.05, 4.69) is 5.32 Å². The second kappa shape index (κ2) is 5.81. The lowest BCUT2D eigenvalue weighted by atomic mass is 9.90. The van der Waals surface area contributed by atoms with Gasteiger partial charge in [-0.2, -0.15) is 0 Å². The maximum atomic E-state index is 12.2. The molecule has 1 heterocycles. The van der Waals surface area contributed by atoms with Gasteiger partial charge in [0, 0.05) is 19.2 Å². The summed E-state index contributed by atoms with van der Waals surface area (Å²) < 4.78 is 5.08. The SMILES string of the molecule is COc1ccc(Cl)c(NC(=O)N2CCC(C)(C(=O)O)C2)c1. The van der Waals surface area contributed by atoms with E-state index in [0.717, 1.165) is 0 Å². The highest BCUT2D eigenvalue weighted by Gasteiger charge is 2.42. The first-order valence-electron chi connectivity index (χ1n) is 6.48. The molecule has 1 aromatic rings. The highest BCUT2D eigenvalue weighted by atomic mass is 35.5. The summed E-state index contributed by atoms with van der Waals surface area (Å²) >= 11 is 6.03. The Morgan fingerprint density at radius 2 is 2.19 bits per heavy atom. The molecule has 1 unspecified atom stereocenters. The van der Waals surface area contributed by atoms with Crippen molar-refractivity contribution >= 4 is 29.3 Å². The number of anilines is 1. The number of carbonyl (C=O) groups excluding carboxylic acids is 1. The zero-order chi connectivity index (χ0) is 15.6. The van der Waals surface area contributed by atoms with Crippen LogP contribution in [0.1, 0.15) is 13.3 Å². The molecule has 6 nitrogen and oxygen atoms in total. The van der Waals surface area contributed by atoms with Crippen molar-refractivity contribution in [3.63, 3.8) is 0 Å². The number of aliphatic carboxylic acids is 1. The number of amides is 2. The molecule has 0 saturated carbocycles. The molecule has 1 aliphatic heterocycles. The third-order valence-electron chi connectivity index (χ3n) is 3.69. The number of urea groups is 1. The normalized spacial score (nSPS) is 21.2. The Kier molecular flexibility index (Phi) is 4.27.